The Morgan fingerprint density at radius 1 is 0.767 bits per heavy atom. The molecule has 5 rings (SSSR count). The highest BCUT2D eigenvalue weighted by Crippen LogP contribution is 2.28. The molecule has 3 nitrogen and oxygen atoms in total. The van der Waals surface area contributed by atoms with Crippen molar-refractivity contribution < 1.29 is 4.79 Å². The Morgan fingerprint density at radius 2 is 1.47 bits per heavy atom. The Balaban J connectivity index is 1.30. The predicted octanol–water partition coefficient (Wildman–Crippen LogP) is 6.41. The minimum atomic E-state index is 0.000348. The van der Waals surface area contributed by atoms with Gasteiger partial charge in [0.25, 0.3) is 0 Å². The number of amides is 1. The molecule has 1 aromatic heterocycles. The lowest BCUT2D eigenvalue weighted by atomic mass is 10.0. The fraction of sp³-hybridized carbons (Fsp3) is 0.0769. The summed E-state index contributed by atoms with van der Waals surface area (Å²) in [6.45, 7) is 0. The van der Waals surface area contributed by atoms with Crippen LogP contribution in [0.2, 0.25) is 0 Å². The molecule has 1 N–H and O–H groups in total. The summed E-state index contributed by atoms with van der Waals surface area (Å²) in [6.07, 6.45) is 0. The molecule has 1 amide bonds. The van der Waals surface area contributed by atoms with E-state index in [1.54, 1.807) is 11.8 Å². The van der Waals surface area contributed by atoms with Gasteiger partial charge in [-0.05, 0) is 34.4 Å². The van der Waals surface area contributed by atoms with Crippen LogP contribution in [0.25, 0.3) is 32.4 Å². The van der Waals surface area contributed by atoms with E-state index < -0.39 is 0 Å². The second kappa shape index (κ2) is 8.17. The van der Waals surface area contributed by atoms with Crippen LogP contribution in [0.1, 0.15) is 5.69 Å². The molecule has 0 radical (unpaired) electrons. The molecule has 30 heavy (non-hydrogen) atoms. The van der Waals surface area contributed by atoms with Crippen LogP contribution in [-0.2, 0) is 10.5 Å². The van der Waals surface area contributed by atoms with E-state index in [9.17, 15) is 4.79 Å². The Kier molecular flexibility index (Phi) is 5.08. The summed E-state index contributed by atoms with van der Waals surface area (Å²) in [5.41, 5.74) is 2.84. The zero-order valence-electron chi connectivity index (χ0n) is 16.3. The molecule has 4 aromatic carbocycles. The minimum Gasteiger partial charge on any atom is -0.325 e. The fourth-order valence-electron chi connectivity index (χ4n) is 3.79. The van der Waals surface area contributed by atoms with Crippen molar-refractivity contribution in [1.82, 2.24) is 4.98 Å². The van der Waals surface area contributed by atoms with Crippen LogP contribution >= 0.6 is 11.8 Å². The summed E-state index contributed by atoms with van der Waals surface area (Å²) < 4.78 is 0. The summed E-state index contributed by atoms with van der Waals surface area (Å²) in [5, 5.41) is 8.82. The highest BCUT2D eigenvalue weighted by Gasteiger charge is 2.09. The molecule has 146 valence electrons. The lowest BCUT2D eigenvalue weighted by Gasteiger charge is -2.10. The summed E-state index contributed by atoms with van der Waals surface area (Å²) in [6, 6.07) is 30.7. The van der Waals surface area contributed by atoms with E-state index in [4.69, 9.17) is 4.98 Å². The lowest BCUT2D eigenvalue weighted by molar-refractivity contribution is -0.113. The predicted molar refractivity (Wildman–Crippen MR) is 128 cm³/mol. The number of nitrogens with zero attached hydrogens (tertiary/aromatic N) is 1. The fourth-order valence-corrected chi connectivity index (χ4v) is 4.56. The first-order chi connectivity index (χ1) is 14.8. The van der Waals surface area contributed by atoms with Gasteiger partial charge in [-0.25, -0.2) is 0 Å². The first-order valence-corrected chi connectivity index (χ1v) is 11.1. The zero-order chi connectivity index (χ0) is 20.3. The van der Waals surface area contributed by atoms with Gasteiger partial charge in [-0.3, -0.25) is 9.78 Å². The van der Waals surface area contributed by atoms with Crippen LogP contribution in [-0.4, -0.2) is 16.6 Å². The van der Waals surface area contributed by atoms with Crippen molar-refractivity contribution >= 4 is 55.8 Å². The van der Waals surface area contributed by atoms with Crippen LogP contribution < -0.4 is 5.32 Å². The summed E-state index contributed by atoms with van der Waals surface area (Å²) in [4.78, 5) is 17.3. The van der Waals surface area contributed by atoms with Crippen LogP contribution in [0.15, 0.2) is 91.0 Å². The van der Waals surface area contributed by atoms with Gasteiger partial charge in [0.05, 0.1) is 17.0 Å². The van der Waals surface area contributed by atoms with Crippen molar-refractivity contribution in [2.24, 2.45) is 0 Å². The summed E-state index contributed by atoms with van der Waals surface area (Å²) in [5.74, 6) is 1.08. The van der Waals surface area contributed by atoms with Gasteiger partial charge in [-0.1, -0.05) is 72.8 Å². The van der Waals surface area contributed by atoms with Gasteiger partial charge >= 0.3 is 0 Å². The van der Waals surface area contributed by atoms with Gasteiger partial charge in [0.15, 0.2) is 0 Å². The van der Waals surface area contributed by atoms with E-state index in [1.807, 2.05) is 54.6 Å². The van der Waals surface area contributed by atoms with Crippen LogP contribution in [0.5, 0.6) is 0 Å². The van der Waals surface area contributed by atoms with Gasteiger partial charge in [-0.15, -0.1) is 11.8 Å². The minimum absolute atomic E-state index is 0.000348. The van der Waals surface area contributed by atoms with E-state index in [1.165, 1.54) is 10.8 Å². The van der Waals surface area contributed by atoms with Gasteiger partial charge in [0.1, 0.15) is 0 Å². The first-order valence-electron chi connectivity index (χ1n) is 9.91. The van der Waals surface area contributed by atoms with Crippen molar-refractivity contribution in [1.29, 1.82) is 0 Å². The second-order valence-electron chi connectivity index (χ2n) is 7.22. The number of carbonyl (C=O) groups is 1. The van der Waals surface area contributed by atoms with Crippen molar-refractivity contribution in [3.63, 3.8) is 0 Å². The van der Waals surface area contributed by atoms with Crippen LogP contribution in [0.3, 0.4) is 0 Å². The molecular formula is C26H20N2OS. The number of rotatable bonds is 5. The maximum absolute atomic E-state index is 12.5. The molecule has 5 aromatic rings. The van der Waals surface area contributed by atoms with Crippen LogP contribution in [0, 0.1) is 0 Å². The smallest absolute Gasteiger partial charge is 0.234 e. The normalized spacial score (nSPS) is 11.2. The van der Waals surface area contributed by atoms with Gasteiger partial charge < -0.3 is 5.32 Å². The topological polar surface area (TPSA) is 42.0 Å². The van der Waals surface area contributed by atoms with Crippen molar-refractivity contribution in [3.05, 3.63) is 96.7 Å². The third kappa shape index (κ3) is 3.74. The molecule has 4 heteroatoms. The Hall–Kier alpha value is -3.37. The quantitative estimate of drug-likeness (QED) is 0.342. The van der Waals surface area contributed by atoms with Crippen molar-refractivity contribution in [2.75, 3.05) is 11.1 Å². The molecule has 0 spiro atoms. The maximum Gasteiger partial charge on any atom is 0.234 e. The van der Waals surface area contributed by atoms with Gasteiger partial charge in [0, 0.05) is 22.2 Å². The number of hydrogen-bond donors (Lipinski definition) is 1. The van der Waals surface area contributed by atoms with E-state index in [0.29, 0.717) is 11.5 Å². The maximum atomic E-state index is 12.5. The molecule has 0 aliphatic rings. The molecule has 0 unspecified atom stereocenters. The number of anilines is 1. The number of carbonyl (C=O) groups excluding carboxylic acids is 1. The van der Waals surface area contributed by atoms with E-state index >= 15 is 0 Å². The number of thioether (sulfide) groups is 1. The molecule has 0 fully saturated rings. The van der Waals surface area contributed by atoms with Crippen LogP contribution in [0.4, 0.5) is 5.69 Å². The Morgan fingerprint density at radius 3 is 2.33 bits per heavy atom. The number of fused-ring (bicyclic) bond motifs is 4. The SMILES string of the molecule is O=C(CSCc1nc2ccccc2c2ccccc12)Nc1ccc2ccccc2c1. The molecule has 0 atom stereocenters. The average molecular weight is 409 g/mol. The van der Waals surface area contributed by atoms with Gasteiger partial charge in [-0.2, -0.15) is 0 Å². The standard InChI is InChI=1S/C26H20N2OS/c29-26(27-20-14-13-18-7-1-2-8-19(18)15-20)17-30-16-25-23-11-4-3-9-21(23)22-10-5-6-12-24(22)28-25/h1-15H,16-17H2,(H,27,29). The van der Waals surface area contributed by atoms with E-state index in [0.717, 1.165) is 33.1 Å². The summed E-state index contributed by atoms with van der Waals surface area (Å²) in [7, 11) is 0. The van der Waals surface area contributed by atoms with E-state index in [2.05, 4.69) is 41.7 Å². The third-order valence-electron chi connectivity index (χ3n) is 5.19. The number of nitrogens with one attached hydrogen (secondary N) is 1. The molecule has 0 bridgehead atoms. The molecule has 0 saturated carbocycles. The molecule has 0 aliphatic carbocycles. The lowest BCUT2D eigenvalue weighted by Crippen LogP contribution is -2.14. The Labute approximate surface area is 179 Å². The largest absolute Gasteiger partial charge is 0.325 e. The molecular weight excluding hydrogens is 388 g/mol. The monoisotopic (exact) mass is 408 g/mol. The highest BCUT2D eigenvalue weighted by molar-refractivity contribution is 7.99. The van der Waals surface area contributed by atoms with Gasteiger partial charge in [0.2, 0.25) is 5.91 Å². The average Bonchev–Trinajstić information content (AvgIpc) is 2.79. The molecule has 0 saturated heterocycles. The van der Waals surface area contributed by atoms with E-state index in [-0.39, 0.29) is 5.91 Å². The molecule has 1 heterocycles. The van der Waals surface area contributed by atoms with Crippen molar-refractivity contribution in [3.8, 4) is 0 Å². The second-order valence-corrected chi connectivity index (χ2v) is 8.21. The summed E-state index contributed by atoms with van der Waals surface area (Å²) >= 11 is 1.59. The Bertz CT molecular complexity index is 1380. The number of para-hydroxylation sites is 1. The first kappa shape index (κ1) is 18.6. The zero-order valence-corrected chi connectivity index (χ0v) is 17.2. The van der Waals surface area contributed by atoms with Crippen molar-refractivity contribution in [2.45, 2.75) is 5.75 Å². The third-order valence-corrected chi connectivity index (χ3v) is 6.14. The number of pyridine rings is 1. The number of hydrogen-bond acceptors (Lipinski definition) is 3. The highest BCUT2D eigenvalue weighted by atomic mass is 32.2. The number of aromatic nitrogens is 1. The molecule has 0 aliphatic heterocycles. The number of benzene rings is 4.